The molecule has 1 N–H and O–H groups in total. The Labute approximate surface area is 203 Å². The number of ether oxygens (including phenoxy) is 2. The molecule has 0 saturated carbocycles. The number of halogens is 1. The summed E-state index contributed by atoms with van der Waals surface area (Å²) in [5, 5.41) is 3.21. The Balaban J connectivity index is 1.51. The molecule has 0 aromatic heterocycles. The summed E-state index contributed by atoms with van der Waals surface area (Å²) in [5.41, 5.74) is 1.37. The van der Waals surface area contributed by atoms with Crippen LogP contribution in [0.2, 0.25) is 5.02 Å². The average molecular weight is 508 g/mol. The normalized spacial score (nSPS) is 16.9. The van der Waals surface area contributed by atoms with E-state index in [-0.39, 0.29) is 23.5 Å². The van der Waals surface area contributed by atoms with Crippen molar-refractivity contribution in [3.63, 3.8) is 0 Å². The molecular formula is C23H26ClN3O6S. The van der Waals surface area contributed by atoms with E-state index in [2.05, 4.69) is 10.2 Å². The predicted molar refractivity (Wildman–Crippen MR) is 128 cm³/mol. The number of sulfonamides is 1. The molecule has 182 valence electrons. The fraction of sp³-hybridized carbons (Fsp3) is 0.391. The number of hydrogen-bond donors (Lipinski definition) is 1. The molecule has 0 unspecified atom stereocenters. The number of nitrogens with zero attached hydrogens (tertiary/aromatic N) is 2. The Morgan fingerprint density at radius 2 is 1.68 bits per heavy atom. The molecule has 0 aliphatic carbocycles. The summed E-state index contributed by atoms with van der Waals surface area (Å²) in [7, 11) is -3.74. The summed E-state index contributed by atoms with van der Waals surface area (Å²) < 4.78 is 38.0. The second kappa shape index (κ2) is 10.7. The Morgan fingerprint density at radius 1 is 1.00 bits per heavy atom. The summed E-state index contributed by atoms with van der Waals surface area (Å²) in [6, 6.07) is 10.9. The maximum Gasteiger partial charge on any atom is 0.338 e. The molecule has 0 atom stereocenters. The number of anilines is 2. The van der Waals surface area contributed by atoms with Crippen LogP contribution in [-0.4, -0.2) is 70.6 Å². The smallest absolute Gasteiger partial charge is 0.338 e. The maximum absolute atomic E-state index is 13.1. The van der Waals surface area contributed by atoms with Crippen LogP contribution in [0.1, 0.15) is 23.2 Å². The van der Waals surface area contributed by atoms with Gasteiger partial charge < -0.3 is 19.7 Å². The summed E-state index contributed by atoms with van der Waals surface area (Å²) in [6.45, 7) is 2.34. The van der Waals surface area contributed by atoms with Crippen molar-refractivity contribution in [2.24, 2.45) is 0 Å². The highest BCUT2D eigenvalue weighted by Crippen LogP contribution is 2.32. The molecule has 1 amide bonds. The first-order chi connectivity index (χ1) is 16.3. The van der Waals surface area contributed by atoms with Crippen molar-refractivity contribution in [1.29, 1.82) is 0 Å². The minimum absolute atomic E-state index is 0.0887. The molecule has 9 nitrogen and oxygen atoms in total. The zero-order valence-corrected chi connectivity index (χ0v) is 20.1. The van der Waals surface area contributed by atoms with Gasteiger partial charge in [0.15, 0.2) is 6.61 Å². The SMILES string of the molecule is O=C(COC(=O)c1ccc(Cl)cc1)Nc1cc(S(=O)(=O)N2CCOCC2)ccc1N1CCCC1. The third-order valence-electron chi connectivity index (χ3n) is 5.71. The van der Waals surface area contributed by atoms with E-state index < -0.39 is 28.5 Å². The molecule has 2 aliphatic heterocycles. The largest absolute Gasteiger partial charge is 0.452 e. The number of morpholine rings is 1. The number of rotatable bonds is 7. The minimum Gasteiger partial charge on any atom is -0.452 e. The monoisotopic (exact) mass is 507 g/mol. The number of hydrogen-bond acceptors (Lipinski definition) is 7. The molecular weight excluding hydrogens is 482 g/mol. The molecule has 2 aromatic rings. The number of carbonyl (C=O) groups is 2. The van der Waals surface area contributed by atoms with E-state index in [1.165, 1.54) is 22.5 Å². The first-order valence-electron chi connectivity index (χ1n) is 11.0. The van der Waals surface area contributed by atoms with Gasteiger partial charge in [0.05, 0.1) is 35.0 Å². The molecule has 2 aromatic carbocycles. The number of esters is 1. The predicted octanol–water partition coefficient (Wildman–Crippen LogP) is 2.76. The highest BCUT2D eigenvalue weighted by Gasteiger charge is 2.28. The minimum atomic E-state index is -3.74. The van der Waals surface area contributed by atoms with E-state index in [9.17, 15) is 18.0 Å². The van der Waals surface area contributed by atoms with Crippen molar-refractivity contribution in [3.8, 4) is 0 Å². The molecule has 2 heterocycles. The zero-order valence-electron chi connectivity index (χ0n) is 18.5. The van der Waals surface area contributed by atoms with Gasteiger partial charge in [-0.25, -0.2) is 13.2 Å². The first-order valence-corrected chi connectivity index (χ1v) is 12.9. The summed E-state index contributed by atoms with van der Waals surface area (Å²) in [4.78, 5) is 27.0. The number of amides is 1. The third-order valence-corrected chi connectivity index (χ3v) is 7.86. The van der Waals surface area contributed by atoms with Crippen LogP contribution in [0.3, 0.4) is 0 Å². The Kier molecular flexibility index (Phi) is 7.72. The number of nitrogens with one attached hydrogen (secondary N) is 1. The second-order valence-electron chi connectivity index (χ2n) is 8.02. The highest BCUT2D eigenvalue weighted by molar-refractivity contribution is 7.89. The van der Waals surface area contributed by atoms with Crippen LogP contribution in [-0.2, 0) is 24.3 Å². The molecule has 11 heteroatoms. The van der Waals surface area contributed by atoms with Crippen molar-refractivity contribution in [2.75, 3.05) is 56.2 Å². The van der Waals surface area contributed by atoms with Gasteiger partial charge in [-0.05, 0) is 55.3 Å². The third kappa shape index (κ3) is 5.69. The van der Waals surface area contributed by atoms with Gasteiger partial charge in [0, 0.05) is 31.2 Å². The molecule has 0 radical (unpaired) electrons. The van der Waals surface area contributed by atoms with Crippen LogP contribution in [0.25, 0.3) is 0 Å². The van der Waals surface area contributed by atoms with E-state index in [1.807, 2.05) is 0 Å². The van der Waals surface area contributed by atoms with Gasteiger partial charge in [-0.15, -0.1) is 0 Å². The molecule has 0 bridgehead atoms. The lowest BCUT2D eigenvalue weighted by Gasteiger charge is -2.27. The average Bonchev–Trinajstić information content (AvgIpc) is 3.38. The Bertz CT molecular complexity index is 1140. The molecule has 2 fully saturated rings. The van der Waals surface area contributed by atoms with Gasteiger partial charge in [0.1, 0.15) is 0 Å². The van der Waals surface area contributed by atoms with Crippen molar-refractivity contribution in [3.05, 3.63) is 53.1 Å². The summed E-state index contributed by atoms with van der Waals surface area (Å²) >= 11 is 5.82. The van der Waals surface area contributed by atoms with Gasteiger partial charge in [0.2, 0.25) is 10.0 Å². The Morgan fingerprint density at radius 3 is 2.35 bits per heavy atom. The molecule has 2 aliphatic rings. The van der Waals surface area contributed by atoms with Crippen LogP contribution < -0.4 is 10.2 Å². The van der Waals surface area contributed by atoms with Crippen LogP contribution in [0, 0.1) is 0 Å². The van der Waals surface area contributed by atoms with Gasteiger partial charge in [-0.2, -0.15) is 4.31 Å². The van der Waals surface area contributed by atoms with E-state index >= 15 is 0 Å². The van der Waals surface area contributed by atoms with Gasteiger partial charge >= 0.3 is 5.97 Å². The lowest BCUT2D eigenvalue weighted by atomic mass is 10.2. The first kappa shape index (κ1) is 24.5. The van der Waals surface area contributed by atoms with Crippen molar-refractivity contribution < 1.29 is 27.5 Å². The van der Waals surface area contributed by atoms with Crippen LogP contribution >= 0.6 is 11.6 Å². The second-order valence-corrected chi connectivity index (χ2v) is 10.4. The topological polar surface area (TPSA) is 105 Å². The quantitative estimate of drug-likeness (QED) is 0.574. The zero-order chi connectivity index (χ0) is 24.1. The fourth-order valence-electron chi connectivity index (χ4n) is 3.93. The standard InChI is InChI=1S/C23H26ClN3O6S/c24-18-5-3-17(4-6-18)23(29)33-16-22(28)25-20-15-19(7-8-21(20)26-9-1-2-10-26)34(30,31)27-11-13-32-14-12-27/h3-8,15H,1-2,9-14,16H2,(H,25,28). The van der Waals surface area contributed by atoms with Crippen molar-refractivity contribution in [2.45, 2.75) is 17.7 Å². The van der Waals surface area contributed by atoms with Crippen LogP contribution in [0.5, 0.6) is 0 Å². The molecule has 0 spiro atoms. The molecule has 34 heavy (non-hydrogen) atoms. The van der Waals surface area contributed by atoms with Crippen molar-refractivity contribution >= 4 is 44.9 Å². The van der Waals surface area contributed by atoms with E-state index in [0.29, 0.717) is 23.9 Å². The van der Waals surface area contributed by atoms with Crippen LogP contribution in [0.15, 0.2) is 47.4 Å². The summed E-state index contributed by atoms with van der Waals surface area (Å²) in [6.07, 6.45) is 2.03. The van der Waals surface area contributed by atoms with Gasteiger partial charge in [-0.1, -0.05) is 11.6 Å². The maximum atomic E-state index is 13.1. The molecule has 2 saturated heterocycles. The van der Waals surface area contributed by atoms with Gasteiger partial charge in [-0.3, -0.25) is 4.79 Å². The van der Waals surface area contributed by atoms with Crippen LogP contribution in [0.4, 0.5) is 11.4 Å². The lowest BCUT2D eigenvalue weighted by Crippen LogP contribution is -2.40. The highest BCUT2D eigenvalue weighted by atomic mass is 35.5. The summed E-state index contributed by atoms with van der Waals surface area (Å²) in [5.74, 6) is -1.22. The number of carbonyl (C=O) groups excluding carboxylic acids is 2. The number of benzene rings is 2. The van der Waals surface area contributed by atoms with E-state index in [1.54, 1.807) is 24.3 Å². The fourth-order valence-corrected chi connectivity index (χ4v) is 5.49. The van der Waals surface area contributed by atoms with Gasteiger partial charge in [0.25, 0.3) is 5.91 Å². The Hall–Kier alpha value is -2.66. The van der Waals surface area contributed by atoms with E-state index in [4.69, 9.17) is 21.1 Å². The van der Waals surface area contributed by atoms with Crippen molar-refractivity contribution in [1.82, 2.24) is 4.31 Å². The van der Waals surface area contributed by atoms with E-state index in [0.717, 1.165) is 31.6 Å². The lowest BCUT2D eigenvalue weighted by molar-refractivity contribution is -0.119. The molecule has 4 rings (SSSR count).